The zero-order valence-corrected chi connectivity index (χ0v) is 15.1. The minimum atomic E-state index is -0.179. The summed E-state index contributed by atoms with van der Waals surface area (Å²) in [6, 6.07) is 16.3. The molecule has 1 unspecified atom stereocenters. The van der Waals surface area contributed by atoms with Crippen LogP contribution in [0, 0.1) is 5.92 Å². The Hall–Kier alpha value is -0.980. The molecule has 0 aliphatic heterocycles. The quantitative estimate of drug-likeness (QED) is 0.527. The molecule has 2 aromatic rings. The van der Waals surface area contributed by atoms with E-state index in [0.29, 0.717) is 5.92 Å². The van der Waals surface area contributed by atoms with Crippen LogP contribution >= 0.6 is 23.2 Å². The average Bonchev–Trinajstić information content (AvgIpc) is 2.53. The fraction of sp³-hybridized carbons (Fsp3) is 0.400. The van der Waals surface area contributed by atoms with Gasteiger partial charge in [0.05, 0.1) is 0 Å². The fourth-order valence-electron chi connectivity index (χ4n) is 3.60. The first-order valence-electron chi connectivity index (χ1n) is 8.05. The molecule has 0 aliphatic rings. The molecule has 2 heteroatoms. The lowest BCUT2D eigenvalue weighted by Crippen LogP contribution is -2.34. The van der Waals surface area contributed by atoms with E-state index in [1.807, 2.05) is 24.3 Å². The highest BCUT2D eigenvalue weighted by molar-refractivity contribution is 6.32. The minimum Gasteiger partial charge on any atom is -0.0840 e. The molecule has 0 fully saturated rings. The van der Waals surface area contributed by atoms with E-state index in [4.69, 9.17) is 23.2 Å². The highest BCUT2D eigenvalue weighted by Gasteiger charge is 2.38. The van der Waals surface area contributed by atoms with E-state index in [1.165, 1.54) is 11.1 Å². The Morgan fingerprint density at radius 1 is 0.864 bits per heavy atom. The average molecular weight is 335 g/mol. The Kier molecular flexibility index (Phi) is 5.94. The lowest BCUT2D eigenvalue weighted by Gasteiger charge is -2.40. The van der Waals surface area contributed by atoms with Crippen molar-refractivity contribution in [2.45, 2.75) is 45.4 Å². The van der Waals surface area contributed by atoms with Gasteiger partial charge in [0.1, 0.15) is 0 Å². The highest BCUT2D eigenvalue weighted by atomic mass is 35.5. The van der Waals surface area contributed by atoms with Crippen LogP contribution in [-0.4, -0.2) is 0 Å². The molecule has 0 N–H and O–H groups in total. The zero-order chi connectivity index (χ0) is 16.2. The van der Waals surface area contributed by atoms with Crippen molar-refractivity contribution in [2.24, 2.45) is 5.92 Å². The third-order valence-electron chi connectivity index (χ3n) is 4.81. The van der Waals surface area contributed by atoms with Crippen molar-refractivity contribution in [2.75, 3.05) is 0 Å². The summed E-state index contributed by atoms with van der Waals surface area (Å²) in [7, 11) is 0. The van der Waals surface area contributed by atoms with E-state index < -0.39 is 0 Å². The van der Waals surface area contributed by atoms with Crippen LogP contribution in [0.25, 0.3) is 0 Å². The van der Waals surface area contributed by atoms with Gasteiger partial charge in [0.25, 0.3) is 0 Å². The molecule has 0 amide bonds. The molecular formula is C20H24Cl2. The standard InChI is InChI=1S/C20H24Cl2/c1-4-10-15(5-2)20(3,16-11-6-8-13-18(16)21)17-12-7-9-14-19(17)22/h6-9,11-15H,4-5,10H2,1-3H3. The van der Waals surface area contributed by atoms with Crippen molar-refractivity contribution in [3.05, 3.63) is 69.7 Å². The van der Waals surface area contributed by atoms with Crippen LogP contribution in [0.4, 0.5) is 0 Å². The van der Waals surface area contributed by atoms with Crippen LogP contribution < -0.4 is 0 Å². The predicted octanol–water partition coefficient (Wildman–Crippen LogP) is 7.13. The molecule has 0 heterocycles. The molecular weight excluding hydrogens is 311 g/mol. The van der Waals surface area contributed by atoms with E-state index >= 15 is 0 Å². The lowest BCUT2D eigenvalue weighted by atomic mass is 9.65. The van der Waals surface area contributed by atoms with Crippen LogP contribution in [0.5, 0.6) is 0 Å². The molecule has 22 heavy (non-hydrogen) atoms. The molecule has 2 aromatic carbocycles. The largest absolute Gasteiger partial charge is 0.0840 e. The normalized spacial score (nSPS) is 13.1. The van der Waals surface area contributed by atoms with Crippen molar-refractivity contribution in [3.8, 4) is 0 Å². The maximum absolute atomic E-state index is 6.57. The summed E-state index contributed by atoms with van der Waals surface area (Å²) in [5.41, 5.74) is 2.16. The van der Waals surface area contributed by atoms with Crippen molar-refractivity contribution >= 4 is 23.2 Å². The van der Waals surface area contributed by atoms with Gasteiger partial charge >= 0.3 is 0 Å². The Morgan fingerprint density at radius 2 is 1.32 bits per heavy atom. The van der Waals surface area contributed by atoms with Gasteiger partial charge in [-0.25, -0.2) is 0 Å². The van der Waals surface area contributed by atoms with Gasteiger partial charge in [-0.1, -0.05) is 93.2 Å². The van der Waals surface area contributed by atoms with Gasteiger partial charge < -0.3 is 0 Å². The van der Waals surface area contributed by atoms with Crippen LogP contribution in [0.15, 0.2) is 48.5 Å². The Balaban J connectivity index is 2.69. The molecule has 0 spiro atoms. The molecule has 0 aliphatic carbocycles. The van der Waals surface area contributed by atoms with Crippen LogP contribution in [-0.2, 0) is 5.41 Å². The fourth-order valence-corrected chi connectivity index (χ4v) is 4.26. The Morgan fingerprint density at radius 3 is 1.68 bits per heavy atom. The van der Waals surface area contributed by atoms with Gasteiger partial charge in [-0.2, -0.15) is 0 Å². The second-order valence-corrected chi connectivity index (χ2v) is 6.87. The van der Waals surface area contributed by atoms with Gasteiger partial charge in [-0.3, -0.25) is 0 Å². The number of hydrogen-bond donors (Lipinski definition) is 0. The second-order valence-electron chi connectivity index (χ2n) is 6.06. The molecule has 0 bridgehead atoms. The van der Waals surface area contributed by atoms with Gasteiger partial charge in [0, 0.05) is 15.5 Å². The van der Waals surface area contributed by atoms with E-state index in [0.717, 1.165) is 29.3 Å². The van der Waals surface area contributed by atoms with Gasteiger partial charge in [-0.05, 0) is 35.6 Å². The molecule has 0 saturated heterocycles. The number of halogens is 2. The summed E-state index contributed by atoms with van der Waals surface area (Å²) >= 11 is 13.1. The lowest BCUT2D eigenvalue weighted by molar-refractivity contribution is 0.311. The molecule has 0 saturated carbocycles. The van der Waals surface area contributed by atoms with E-state index in [2.05, 4.69) is 45.0 Å². The van der Waals surface area contributed by atoms with E-state index in [-0.39, 0.29) is 5.41 Å². The number of rotatable bonds is 6. The third-order valence-corrected chi connectivity index (χ3v) is 5.47. The molecule has 0 aromatic heterocycles. The summed E-state index contributed by atoms with van der Waals surface area (Å²) < 4.78 is 0. The van der Waals surface area contributed by atoms with E-state index in [1.54, 1.807) is 0 Å². The van der Waals surface area contributed by atoms with Crippen LogP contribution in [0.3, 0.4) is 0 Å². The summed E-state index contributed by atoms with van der Waals surface area (Å²) in [5, 5.41) is 1.64. The number of hydrogen-bond acceptors (Lipinski definition) is 0. The third kappa shape index (κ3) is 3.19. The van der Waals surface area contributed by atoms with Crippen molar-refractivity contribution < 1.29 is 0 Å². The topological polar surface area (TPSA) is 0 Å². The van der Waals surface area contributed by atoms with Crippen molar-refractivity contribution in [1.29, 1.82) is 0 Å². The molecule has 1 atom stereocenters. The number of benzene rings is 2. The monoisotopic (exact) mass is 334 g/mol. The Bertz CT molecular complexity index is 573. The van der Waals surface area contributed by atoms with Gasteiger partial charge in [0.2, 0.25) is 0 Å². The first kappa shape index (κ1) is 17.4. The zero-order valence-electron chi connectivity index (χ0n) is 13.6. The molecule has 2 rings (SSSR count). The first-order chi connectivity index (χ1) is 10.6. The second kappa shape index (κ2) is 7.53. The maximum Gasteiger partial charge on any atom is 0.0447 e. The smallest absolute Gasteiger partial charge is 0.0447 e. The molecule has 0 radical (unpaired) electrons. The highest BCUT2D eigenvalue weighted by Crippen LogP contribution is 2.47. The van der Waals surface area contributed by atoms with Crippen molar-refractivity contribution in [1.82, 2.24) is 0 Å². The maximum atomic E-state index is 6.57. The summed E-state index contributed by atoms with van der Waals surface area (Å²) in [5.74, 6) is 0.497. The van der Waals surface area contributed by atoms with Crippen LogP contribution in [0.1, 0.15) is 51.2 Å². The molecule has 118 valence electrons. The van der Waals surface area contributed by atoms with Gasteiger partial charge in [-0.15, -0.1) is 0 Å². The molecule has 0 nitrogen and oxygen atoms in total. The van der Waals surface area contributed by atoms with Crippen LogP contribution in [0.2, 0.25) is 10.0 Å². The summed E-state index contributed by atoms with van der Waals surface area (Å²) in [4.78, 5) is 0. The minimum absolute atomic E-state index is 0.179. The Labute approximate surface area is 144 Å². The van der Waals surface area contributed by atoms with Gasteiger partial charge in [0.15, 0.2) is 0 Å². The summed E-state index contributed by atoms with van der Waals surface area (Å²) in [6.07, 6.45) is 3.41. The summed E-state index contributed by atoms with van der Waals surface area (Å²) in [6.45, 7) is 6.79. The predicted molar refractivity (Wildman–Crippen MR) is 98.0 cm³/mol. The van der Waals surface area contributed by atoms with E-state index in [9.17, 15) is 0 Å². The SMILES string of the molecule is CCCC(CC)C(C)(c1ccccc1Cl)c1ccccc1Cl. The first-order valence-corrected chi connectivity index (χ1v) is 8.81. The van der Waals surface area contributed by atoms with Crippen molar-refractivity contribution in [3.63, 3.8) is 0 Å².